The molecule has 1 amide bonds. The lowest BCUT2D eigenvalue weighted by molar-refractivity contribution is 0.0945. The van der Waals surface area contributed by atoms with Gasteiger partial charge in [0.25, 0.3) is 5.91 Å². The van der Waals surface area contributed by atoms with Gasteiger partial charge in [-0.25, -0.2) is 9.97 Å². The molecule has 0 saturated carbocycles. The number of carbonyl (C=O) groups is 1. The van der Waals surface area contributed by atoms with Gasteiger partial charge in [-0.05, 0) is 36.5 Å². The van der Waals surface area contributed by atoms with Crippen molar-refractivity contribution in [3.05, 3.63) is 41.9 Å². The molecule has 1 aromatic carbocycles. The summed E-state index contributed by atoms with van der Waals surface area (Å²) in [6.07, 6.45) is 3.76. The standard InChI is InChI=1S/C19H22N4O3/c1-13-4-6-23(7-5-13)18-9-15(21-11-22-18)19(24)20-10-14-2-3-16-17(8-14)26-12-25-16/h2-3,8-9,11,13H,4-7,10,12H2,1H3,(H,20,24). The molecule has 7 nitrogen and oxygen atoms in total. The van der Waals surface area contributed by atoms with Crippen LogP contribution in [0.1, 0.15) is 35.8 Å². The fourth-order valence-corrected chi connectivity index (χ4v) is 3.21. The predicted molar refractivity (Wildman–Crippen MR) is 96.4 cm³/mol. The number of nitrogens with one attached hydrogen (secondary N) is 1. The molecule has 0 aliphatic carbocycles. The number of fused-ring (bicyclic) bond motifs is 1. The third kappa shape index (κ3) is 3.56. The van der Waals surface area contributed by atoms with E-state index in [-0.39, 0.29) is 12.7 Å². The fraction of sp³-hybridized carbons (Fsp3) is 0.421. The van der Waals surface area contributed by atoms with E-state index in [1.54, 1.807) is 6.07 Å². The largest absolute Gasteiger partial charge is 0.454 e. The van der Waals surface area contributed by atoms with Crippen LogP contribution in [-0.4, -0.2) is 35.8 Å². The van der Waals surface area contributed by atoms with E-state index in [0.717, 1.165) is 49.0 Å². The van der Waals surface area contributed by atoms with E-state index in [4.69, 9.17) is 9.47 Å². The lowest BCUT2D eigenvalue weighted by atomic mass is 9.99. The van der Waals surface area contributed by atoms with Gasteiger partial charge < -0.3 is 19.7 Å². The number of nitrogens with zero attached hydrogens (tertiary/aromatic N) is 3. The Hall–Kier alpha value is -2.83. The summed E-state index contributed by atoms with van der Waals surface area (Å²) in [5.74, 6) is 2.80. The Morgan fingerprint density at radius 3 is 2.85 bits per heavy atom. The first kappa shape index (κ1) is 16.6. The highest BCUT2D eigenvalue weighted by molar-refractivity contribution is 5.92. The molecule has 3 heterocycles. The van der Waals surface area contributed by atoms with Crippen molar-refractivity contribution in [2.24, 2.45) is 5.92 Å². The smallest absolute Gasteiger partial charge is 0.270 e. The molecule has 0 spiro atoms. The van der Waals surface area contributed by atoms with Crippen molar-refractivity contribution in [3.8, 4) is 11.5 Å². The zero-order chi connectivity index (χ0) is 17.9. The zero-order valence-corrected chi connectivity index (χ0v) is 14.8. The van der Waals surface area contributed by atoms with E-state index in [2.05, 4.69) is 27.1 Å². The van der Waals surface area contributed by atoms with Gasteiger partial charge in [-0.2, -0.15) is 0 Å². The molecular formula is C19H22N4O3. The van der Waals surface area contributed by atoms with Gasteiger partial charge in [0.1, 0.15) is 17.8 Å². The summed E-state index contributed by atoms with van der Waals surface area (Å²) in [5.41, 5.74) is 1.33. The Morgan fingerprint density at radius 1 is 1.19 bits per heavy atom. The number of anilines is 1. The first-order chi connectivity index (χ1) is 12.7. The minimum absolute atomic E-state index is 0.211. The van der Waals surface area contributed by atoms with Crippen LogP contribution < -0.4 is 19.7 Å². The number of rotatable bonds is 4. The number of piperidine rings is 1. The number of carbonyl (C=O) groups excluding carboxylic acids is 1. The molecular weight excluding hydrogens is 332 g/mol. The van der Waals surface area contributed by atoms with Gasteiger partial charge in [0.2, 0.25) is 6.79 Å². The Bertz CT molecular complexity index is 803. The second-order valence-electron chi connectivity index (χ2n) is 6.80. The Balaban J connectivity index is 1.39. The number of benzene rings is 1. The quantitative estimate of drug-likeness (QED) is 0.908. The molecule has 0 radical (unpaired) electrons. The van der Waals surface area contributed by atoms with Crippen LogP contribution in [0, 0.1) is 5.92 Å². The third-order valence-electron chi connectivity index (χ3n) is 4.88. The lowest BCUT2D eigenvalue weighted by Gasteiger charge is -2.31. The number of hydrogen-bond acceptors (Lipinski definition) is 6. The summed E-state index contributed by atoms with van der Waals surface area (Å²) in [7, 11) is 0. The third-order valence-corrected chi connectivity index (χ3v) is 4.88. The highest BCUT2D eigenvalue weighted by Gasteiger charge is 2.19. The summed E-state index contributed by atoms with van der Waals surface area (Å²) < 4.78 is 10.7. The summed E-state index contributed by atoms with van der Waals surface area (Å²) >= 11 is 0. The molecule has 4 rings (SSSR count). The van der Waals surface area contributed by atoms with Gasteiger partial charge in [-0.1, -0.05) is 13.0 Å². The molecule has 1 saturated heterocycles. The second-order valence-corrected chi connectivity index (χ2v) is 6.80. The zero-order valence-electron chi connectivity index (χ0n) is 14.8. The summed E-state index contributed by atoms with van der Waals surface area (Å²) in [4.78, 5) is 23.1. The fourth-order valence-electron chi connectivity index (χ4n) is 3.21. The molecule has 0 atom stereocenters. The minimum atomic E-state index is -0.211. The topological polar surface area (TPSA) is 76.6 Å². The van der Waals surface area contributed by atoms with Gasteiger partial charge in [0, 0.05) is 25.7 Å². The van der Waals surface area contributed by atoms with Crippen LogP contribution in [0.2, 0.25) is 0 Å². The van der Waals surface area contributed by atoms with E-state index < -0.39 is 0 Å². The second kappa shape index (κ2) is 7.19. The van der Waals surface area contributed by atoms with Crippen LogP contribution in [0.3, 0.4) is 0 Å². The predicted octanol–water partition coefficient (Wildman–Crippen LogP) is 2.37. The number of hydrogen-bond donors (Lipinski definition) is 1. The van der Waals surface area contributed by atoms with E-state index in [1.807, 2.05) is 18.2 Å². The van der Waals surface area contributed by atoms with Crippen LogP contribution in [0.4, 0.5) is 5.82 Å². The van der Waals surface area contributed by atoms with E-state index in [0.29, 0.717) is 18.0 Å². The van der Waals surface area contributed by atoms with Crippen molar-refractivity contribution in [1.29, 1.82) is 0 Å². The van der Waals surface area contributed by atoms with Crippen molar-refractivity contribution in [3.63, 3.8) is 0 Å². The van der Waals surface area contributed by atoms with Gasteiger partial charge in [-0.3, -0.25) is 4.79 Å². The van der Waals surface area contributed by atoms with Crippen LogP contribution in [-0.2, 0) is 6.54 Å². The normalized spacial score (nSPS) is 16.6. The molecule has 136 valence electrons. The Morgan fingerprint density at radius 2 is 2.00 bits per heavy atom. The molecule has 2 aromatic rings. The van der Waals surface area contributed by atoms with Gasteiger partial charge in [-0.15, -0.1) is 0 Å². The summed E-state index contributed by atoms with van der Waals surface area (Å²) in [6, 6.07) is 7.41. The summed E-state index contributed by atoms with van der Waals surface area (Å²) in [5, 5.41) is 2.90. The van der Waals surface area contributed by atoms with Gasteiger partial charge in [0.15, 0.2) is 11.5 Å². The maximum atomic E-state index is 12.5. The molecule has 0 unspecified atom stereocenters. The molecule has 1 aromatic heterocycles. The molecule has 2 aliphatic rings. The highest BCUT2D eigenvalue weighted by Crippen LogP contribution is 2.32. The van der Waals surface area contributed by atoms with Crippen LogP contribution in [0.25, 0.3) is 0 Å². The van der Waals surface area contributed by atoms with Crippen molar-refractivity contribution in [2.75, 3.05) is 24.8 Å². The van der Waals surface area contributed by atoms with E-state index in [9.17, 15) is 4.79 Å². The average Bonchev–Trinajstić information content (AvgIpc) is 3.14. The Kier molecular flexibility index (Phi) is 4.60. The minimum Gasteiger partial charge on any atom is -0.454 e. The van der Waals surface area contributed by atoms with Crippen LogP contribution in [0.15, 0.2) is 30.6 Å². The van der Waals surface area contributed by atoms with Crippen LogP contribution in [0.5, 0.6) is 11.5 Å². The first-order valence-corrected chi connectivity index (χ1v) is 8.93. The Labute approximate surface area is 152 Å². The number of ether oxygens (including phenoxy) is 2. The molecule has 0 bridgehead atoms. The van der Waals surface area contributed by atoms with Crippen molar-refractivity contribution in [1.82, 2.24) is 15.3 Å². The molecule has 1 fully saturated rings. The highest BCUT2D eigenvalue weighted by atomic mass is 16.7. The molecule has 2 aliphatic heterocycles. The number of aromatic nitrogens is 2. The van der Waals surface area contributed by atoms with Crippen LogP contribution >= 0.6 is 0 Å². The van der Waals surface area contributed by atoms with Crippen molar-refractivity contribution >= 4 is 11.7 Å². The maximum Gasteiger partial charge on any atom is 0.270 e. The average molecular weight is 354 g/mol. The molecule has 26 heavy (non-hydrogen) atoms. The lowest BCUT2D eigenvalue weighted by Crippen LogP contribution is -2.34. The monoisotopic (exact) mass is 354 g/mol. The van der Waals surface area contributed by atoms with E-state index in [1.165, 1.54) is 6.33 Å². The van der Waals surface area contributed by atoms with Crippen molar-refractivity contribution < 1.29 is 14.3 Å². The molecule has 1 N–H and O–H groups in total. The number of amides is 1. The SMILES string of the molecule is CC1CCN(c2cc(C(=O)NCc3ccc4c(c3)OCO4)ncn2)CC1. The maximum absolute atomic E-state index is 12.5. The van der Waals surface area contributed by atoms with Gasteiger partial charge in [0.05, 0.1) is 0 Å². The van der Waals surface area contributed by atoms with E-state index >= 15 is 0 Å². The van der Waals surface area contributed by atoms with Crippen molar-refractivity contribution in [2.45, 2.75) is 26.3 Å². The molecule has 7 heteroatoms. The summed E-state index contributed by atoms with van der Waals surface area (Å²) in [6.45, 7) is 4.85. The first-order valence-electron chi connectivity index (χ1n) is 8.93. The van der Waals surface area contributed by atoms with Gasteiger partial charge >= 0.3 is 0 Å².